The van der Waals surface area contributed by atoms with E-state index in [1.165, 1.54) is 6.92 Å². The molecule has 0 aliphatic rings. The minimum absolute atomic E-state index is 0.237. The van der Waals surface area contributed by atoms with Crippen molar-refractivity contribution in [1.82, 2.24) is 9.55 Å². The van der Waals surface area contributed by atoms with E-state index in [4.69, 9.17) is 16.3 Å². The third kappa shape index (κ3) is 5.17. The minimum Gasteiger partial charge on any atom is -0.466 e. The molecule has 6 heteroatoms. The molecule has 0 bridgehead atoms. The molecule has 0 saturated carbocycles. The second-order valence-electron chi connectivity index (χ2n) is 4.49. The van der Waals surface area contributed by atoms with Crippen LogP contribution in [0, 0.1) is 6.92 Å². The summed E-state index contributed by atoms with van der Waals surface area (Å²) in [6.07, 6.45) is 3.53. The van der Waals surface area contributed by atoms with Crippen LogP contribution < -0.4 is 0 Å². The fourth-order valence-electron chi connectivity index (χ4n) is 1.86. The van der Waals surface area contributed by atoms with Crippen molar-refractivity contribution >= 4 is 23.3 Å². The van der Waals surface area contributed by atoms with Crippen molar-refractivity contribution in [3.8, 4) is 0 Å². The van der Waals surface area contributed by atoms with Gasteiger partial charge in [0.25, 0.3) is 0 Å². The molecule has 0 spiro atoms. The highest BCUT2D eigenvalue weighted by Crippen LogP contribution is 2.11. The predicted molar refractivity (Wildman–Crippen MR) is 80.0 cm³/mol. The van der Waals surface area contributed by atoms with E-state index in [9.17, 15) is 4.79 Å². The topological polar surface area (TPSA) is 56.5 Å². The van der Waals surface area contributed by atoms with Crippen molar-refractivity contribution < 1.29 is 9.53 Å². The summed E-state index contributed by atoms with van der Waals surface area (Å²) in [7, 11) is 0. The molecule has 1 aromatic heterocycles. The number of unbranched alkanes of at least 4 members (excludes halogenated alkanes) is 1. The van der Waals surface area contributed by atoms with Crippen LogP contribution in [0.4, 0.5) is 0 Å². The number of imidazole rings is 1. The Morgan fingerprint density at radius 3 is 2.80 bits per heavy atom. The Kier molecular flexibility index (Phi) is 6.45. The number of carbonyl (C=O) groups is 1. The summed E-state index contributed by atoms with van der Waals surface area (Å²) in [5.41, 5.74) is 2.62. The predicted octanol–water partition coefficient (Wildman–Crippen LogP) is 3.05. The number of ether oxygens (including phenoxy) is 1. The molecule has 1 aromatic rings. The lowest BCUT2D eigenvalue weighted by Gasteiger charge is -2.06. The average molecular weight is 298 g/mol. The number of aryl methyl sites for hydroxylation is 1. The molecule has 0 atom stereocenters. The van der Waals surface area contributed by atoms with Gasteiger partial charge in [-0.3, -0.25) is 4.79 Å². The molecule has 110 valence electrons. The van der Waals surface area contributed by atoms with Gasteiger partial charge in [-0.2, -0.15) is 0 Å². The smallest absolute Gasteiger partial charge is 0.302 e. The van der Waals surface area contributed by atoms with Crippen LogP contribution in [0.3, 0.4) is 0 Å². The van der Waals surface area contributed by atoms with Crippen molar-refractivity contribution in [3.63, 3.8) is 0 Å². The van der Waals surface area contributed by atoms with Crippen LogP contribution in [-0.4, -0.2) is 27.8 Å². The molecule has 5 nitrogen and oxygen atoms in total. The standard InChI is InChI=1S/C14H20ClN3O2/c1-10(17-12(3)15)14-11(2)18(9-16-14)7-5-6-8-20-13(4)19/h9H,3,5-8H2,1-2,4H3/b17-10-. The van der Waals surface area contributed by atoms with Crippen LogP contribution in [-0.2, 0) is 16.1 Å². The molecule has 1 heterocycles. The number of aromatic nitrogens is 2. The second kappa shape index (κ2) is 7.85. The zero-order valence-corrected chi connectivity index (χ0v) is 12.9. The lowest BCUT2D eigenvalue weighted by Crippen LogP contribution is -2.05. The van der Waals surface area contributed by atoms with Crippen molar-refractivity contribution in [2.75, 3.05) is 6.61 Å². The number of aliphatic imine (C=N–C) groups is 1. The van der Waals surface area contributed by atoms with Gasteiger partial charge in [0.15, 0.2) is 0 Å². The number of hydrogen-bond acceptors (Lipinski definition) is 4. The van der Waals surface area contributed by atoms with Gasteiger partial charge in [0.2, 0.25) is 0 Å². The molecule has 0 saturated heterocycles. The van der Waals surface area contributed by atoms with E-state index >= 15 is 0 Å². The molecule has 0 aromatic carbocycles. The average Bonchev–Trinajstić information content (AvgIpc) is 2.69. The Labute approximate surface area is 124 Å². The summed E-state index contributed by atoms with van der Waals surface area (Å²) < 4.78 is 6.94. The molecule has 0 N–H and O–H groups in total. The molecule has 0 unspecified atom stereocenters. The Bertz CT molecular complexity index is 520. The Hall–Kier alpha value is -1.62. The zero-order chi connectivity index (χ0) is 15.1. The first-order valence-electron chi connectivity index (χ1n) is 6.47. The highest BCUT2D eigenvalue weighted by molar-refractivity contribution is 6.30. The van der Waals surface area contributed by atoms with Crippen LogP contribution in [0.15, 0.2) is 23.1 Å². The lowest BCUT2D eigenvalue weighted by atomic mass is 10.2. The number of carbonyl (C=O) groups excluding carboxylic acids is 1. The summed E-state index contributed by atoms with van der Waals surface area (Å²) in [5, 5.41) is 0.248. The molecule has 0 radical (unpaired) electrons. The molecule has 0 amide bonds. The first kappa shape index (κ1) is 16.4. The van der Waals surface area contributed by atoms with Gasteiger partial charge in [-0.05, 0) is 26.7 Å². The Balaban J connectivity index is 2.55. The van der Waals surface area contributed by atoms with Gasteiger partial charge in [-0.1, -0.05) is 18.2 Å². The second-order valence-corrected chi connectivity index (χ2v) is 4.93. The van der Waals surface area contributed by atoms with Gasteiger partial charge in [-0.25, -0.2) is 9.98 Å². The first-order valence-corrected chi connectivity index (χ1v) is 6.84. The summed E-state index contributed by atoms with van der Waals surface area (Å²) in [6, 6.07) is 0. The maximum atomic E-state index is 10.6. The van der Waals surface area contributed by atoms with E-state index in [1.54, 1.807) is 6.33 Å². The molecule has 0 fully saturated rings. The lowest BCUT2D eigenvalue weighted by molar-refractivity contribution is -0.141. The van der Waals surface area contributed by atoms with Crippen molar-refractivity contribution in [2.45, 2.75) is 40.2 Å². The summed E-state index contributed by atoms with van der Waals surface area (Å²) in [6.45, 7) is 10.1. The molecule has 1 rings (SSSR count). The van der Waals surface area contributed by atoms with Gasteiger partial charge < -0.3 is 9.30 Å². The normalized spacial score (nSPS) is 11.5. The Morgan fingerprint density at radius 1 is 1.50 bits per heavy atom. The van der Waals surface area contributed by atoms with Crippen LogP contribution >= 0.6 is 11.6 Å². The van der Waals surface area contributed by atoms with E-state index in [0.717, 1.165) is 36.5 Å². The van der Waals surface area contributed by atoms with Crippen molar-refractivity contribution in [2.24, 2.45) is 4.99 Å². The molecule has 20 heavy (non-hydrogen) atoms. The quantitative estimate of drug-likeness (QED) is 0.336. The fourth-order valence-corrected chi connectivity index (χ4v) is 1.99. The minimum atomic E-state index is -0.237. The number of halogens is 1. The summed E-state index contributed by atoms with van der Waals surface area (Å²) in [4.78, 5) is 19.1. The maximum Gasteiger partial charge on any atom is 0.302 e. The van der Waals surface area contributed by atoms with E-state index in [1.807, 2.05) is 13.8 Å². The molecule has 0 aliphatic carbocycles. The molecular formula is C14H20ClN3O2. The van der Waals surface area contributed by atoms with Gasteiger partial charge in [-0.15, -0.1) is 0 Å². The van der Waals surface area contributed by atoms with Crippen molar-refractivity contribution in [1.29, 1.82) is 0 Å². The Morgan fingerprint density at radius 2 is 2.20 bits per heavy atom. The monoisotopic (exact) mass is 297 g/mol. The van der Waals surface area contributed by atoms with E-state index in [2.05, 4.69) is 21.1 Å². The van der Waals surface area contributed by atoms with E-state index in [0.29, 0.717) is 6.61 Å². The highest BCUT2D eigenvalue weighted by Gasteiger charge is 2.09. The molecular weight excluding hydrogens is 278 g/mol. The SMILES string of the molecule is C=C(Cl)/N=C(/C)c1ncn(CCCCOC(C)=O)c1C. The van der Waals surface area contributed by atoms with Crippen LogP contribution in [0.1, 0.15) is 38.1 Å². The number of hydrogen-bond donors (Lipinski definition) is 0. The fraction of sp³-hybridized carbons (Fsp3) is 0.500. The maximum absolute atomic E-state index is 10.6. The van der Waals surface area contributed by atoms with Crippen LogP contribution in [0.2, 0.25) is 0 Å². The van der Waals surface area contributed by atoms with Crippen molar-refractivity contribution in [3.05, 3.63) is 29.5 Å². The third-order valence-corrected chi connectivity index (χ3v) is 2.91. The number of nitrogens with zero attached hydrogens (tertiary/aromatic N) is 3. The van der Waals surface area contributed by atoms with Crippen LogP contribution in [0.5, 0.6) is 0 Å². The van der Waals surface area contributed by atoms with Gasteiger partial charge >= 0.3 is 5.97 Å². The molecule has 0 aliphatic heterocycles. The van der Waals surface area contributed by atoms with Gasteiger partial charge in [0, 0.05) is 19.2 Å². The van der Waals surface area contributed by atoms with Crippen LogP contribution in [0.25, 0.3) is 0 Å². The summed E-state index contributed by atoms with van der Waals surface area (Å²) >= 11 is 5.67. The third-order valence-electron chi connectivity index (χ3n) is 2.83. The van der Waals surface area contributed by atoms with E-state index in [-0.39, 0.29) is 11.1 Å². The number of esters is 1. The largest absolute Gasteiger partial charge is 0.466 e. The van der Waals surface area contributed by atoms with Gasteiger partial charge in [0.05, 0.1) is 18.6 Å². The highest BCUT2D eigenvalue weighted by atomic mass is 35.5. The zero-order valence-electron chi connectivity index (χ0n) is 12.1. The van der Waals surface area contributed by atoms with Gasteiger partial charge in [0.1, 0.15) is 10.9 Å². The number of rotatable bonds is 7. The first-order chi connectivity index (χ1) is 9.41. The summed E-state index contributed by atoms with van der Waals surface area (Å²) in [5.74, 6) is -0.237. The van der Waals surface area contributed by atoms with E-state index < -0.39 is 0 Å².